The summed E-state index contributed by atoms with van der Waals surface area (Å²) in [5, 5.41) is 13.8. The molecule has 0 saturated heterocycles. The van der Waals surface area contributed by atoms with Gasteiger partial charge in [-0.2, -0.15) is 5.10 Å². The van der Waals surface area contributed by atoms with Gasteiger partial charge < -0.3 is 0 Å². The third kappa shape index (κ3) is 2.94. The predicted octanol–water partition coefficient (Wildman–Crippen LogP) is 4.85. The minimum absolute atomic E-state index is 0.147. The lowest BCUT2D eigenvalue weighted by molar-refractivity contribution is 0.628. The number of pyridine rings is 1. The van der Waals surface area contributed by atoms with Gasteiger partial charge in [0.15, 0.2) is 11.2 Å². The van der Waals surface area contributed by atoms with Crippen molar-refractivity contribution in [2.75, 3.05) is 0 Å². The number of benzene rings is 2. The molecular formula is C21H12Cl2FN5O. The molecule has 0 saturated carbocycles. The van der Waals surface area contributed by atoms with Gasteiger partial charge >= 0.3 is 0 Å². The molecule has 0 unspecified atom stereocenters. The highest BCUT2D eigenvalue weighted by Crippen LogP contribution is 2.28. The van der Waals surface area contributed by atoms with E-state index >= 15 is 0 Å². The normalized spacial score (nSPS) is 11.5. The molecule has 0 amide bonds. The van der Waals surface area contributed by atoms with E-state index < -0.39 is 0 Å². The summed E-state index contributed by atoms with van der Waals surface area (Å²) in [7, 11) is 0. The molecular weight excluding hydrogens is 428 g/mol. The summed E-state index contributed by atoms with van der Waals surface area (Å²) in [4.78, 5) is 13.1. The van der Waals surface area contributed by atoms with Gasteiger partial charge in [-0.05, 0) is 48.9 Å². The van der Waals surface area contributed by atoms with Crippen molar-refractivity contribution in [2.45, 2.75) is 6.92 Å². The molecule has 6 nitrogen and oxygen atoms in total. The number of aromatic nitrogens is 5. The fourth-order valence-corrected chi connectivity index (χ4v) is 4.00. The van der Waals surface area contributed by atoms with Crippen molar-refractivity contribution in [1.29, 1.82) is 0 Å². The van der Waals surface area contributed by atoms with Crippen molar-refractivity contribution in [3.8, 4) is 16.8 Å². The number of halogens is 3. The van der Waals surface area contributed by atoms with Crippen molar-refractivity contribution < 1.29 is 4.39 Å². The van der Waals surface area contributed by atoms with Crippen LogP contribution in [0.3, 0.4) is 0 Å². The number of aryl methyl sites for hydroxylation is 1. The summed E-state index contributed by atoms with van der Waals surface area (Å²) in [6, 6.07) is 12.7. The third-order valence-corrected chi connectivity index (χ3v) is 5.25. The Morgan fingerprint density at radius 1 is 0.967 bits per heavy atom. The molecule has 0 bridgehead atoms. The van der Waals surface area contributed by atoms with Gasteiger partial charge in [-0.1, -0.05) is 35.3 Å². The number of fused-ring (bicyclic) bond motifs is 3. The Balaban J connectivity index is 1.76. The lowest BCUT2D eigenvalue weighted by atomic mass is 10.1. The maximum absolute atomic E-state index is 13.3. The highest BCUT2D eigenvalue weighted by atomic mass is 35.5. The minimum Gasteiger partial charge on any atom is -0.282 e. The first-order valence-corrected chi connectivity index (χ1v) is 9.68. The first kappa shape index (κ1) is 18.7. The lowest BCUT2D eigenvalue weighted by Crippen LogP contribution is -2.20. The fourth-order valence-electron chi connectivity index (χ4n) is 3.49. The molecule has 148 valence electrons. The minimum atomic E-state index is -0.378. The summed E-state index contributed by atoms with van der Waals surface area (Å²) in [5.41, 5.74) is 3.46. The molecule has 0 radical (unpaired) electrons. The number of rotatable bonds is 2. The van der Waals surface area contributed by atoms with Gasteiger partial charge in [-0.3, -0.25) is 9.36 Å². The molecule has 5 rings (SSSR count). The molecule has 0 aliphatic heterocycles. The number of hydrogen-bond donors (Lipinski definition) is 0. The smallest absolute Gasteiger partial charge is 0.282 e. The standard InChI is InChI=1S/C21H12Cl2FN5O/c1-11-18(12-2-4-15(24)5-3-12)20-26-25-19-17(29(20)27-11)6-7-28(21(19)30)16-9-13(22)8-14(23)10-16/h2-10H,1H3. The maximum Gasteiger partial charge on any atom is 0.285 e. The van der Waals surface area contributed by atoms with Crippen LogP contribution in [0.4, 0.5) is 4.39 Å². The lowest BCUT2D eigenvalue weighted by Gasteiger charge is -2.08. The summed E-state index contributed by atoms with van der Waals surface area (Å²) < 4.78 is 16.3. The fraction of sp³-hybridized carbons (Fsp3) is 0.0476. The Bertz CT molecular complexity index is 1490. The molecule has 30 heavy (non-hydrogen) atoms. The SMILES string of the molecule is Cc1nn2c(nnc3c(=O)n(-c4cc(Cl)cc(Cl)c4)ccc32)c1-c1ccc(F)cc1. The molecule has 0 aliphatic carbocycles. The largest absolute Gasteiger partial charge is 0.285 e. The van der Waals surface area contributed by atoms with Crippen LogP contribution in [-0.4, -0.2) is 24.4 Å². The Hall–Kier alpha value is -3.29. The second-order valence-electron chi connectivity index (χ2n) is 6.76. The van der Waals surface area contributed by atoms with Crippen LogP contribution in [-0.2, 0) is 0 Å². The molecule has 0 atom stereocenters. The molecule has 9 heteroatoms. The van der Waals surface area contributed by atoms with Crippen molar-refractivity contribution in [1.82, 2.24) is 24.4 Å². The number of hydrogen-bond acceptors (Lipinski definition) is 4. The summed E-state index contributed by atoms with van der Waals surface area (Å²) in [6.07, 6.45) is 1.61. The van der Waals surface area contributed by atoms with Gasteiger partial charge in [0.1, 0.15) is 11.3 Å². The zero-order valence-electron chi connectivity index (χ0n) is 15.5. The van der Waals surface area contributed by atoms with E-state index in [2.05, 4.69) is 15.3 Å². The highest BCUT2D eigenvalue weighted by molar-refractivity contribution is 6.34. The second-order valence-corrected chi connectivity index (χ2v) is 7.63. The van der Waals surface area contributed by atoms with Gasteiger partial charge in [0.25, 0.3) is 5.56 Å². The summed E-state index contributed by atoms with van der Waals surface area (Å²) in [6.45, 7) is 1.83. The van der Waals surface area contributed by atoms with E-state index in [0.29, 0.717) is 32.6 Å². The molecule has 2 aromatic carbocycles. The van der Waals surface area contributed by atoms with E-state index in [4.69, 9.17) is 23.2 Å². The summed E-state index contributed by atoms with van der Waals surface area (Å²) >= 11 is 12.1. The molecule has 3 heterocycles. The van der Waals surface area contributed by atoms with Crippen LogP contribution in [0, 0.1) is 12.7 Å². The van der Waals surface area contributed by atoms with Crippen molar-refractivity contribution in [2.24, 2.45) is 0 Å². The molecule has 5 aromatic rings. The maximum atomic E-state index is 13.3. The zero-order chi connectivity index (χ0) is 21.0. The van der Waals surface area contributed by atoms with Crippen molar-refractivity contribution in [3.05, 3.63) is 86.6 Å². The Morgan fingerprint density at radius 2 is 1.67 bits per heavy atom. The Labute approximate surface area is 179 Å². The van der Waals surface area contributed by atoms with E-state index in [0.717, 1.165) is 11.1 Å². The Morgan fingerprint density at radius 3 is 2.37 bits per heavy atom. The van der Waals surface area contributed by atoms with Gasteiger partial charge in [0.2, 0.25) is 0 Å². The van der Waals surface area contributed by atoms with Crippen LogP contribution in [0.1, 0.15) is 5.69 Å². The second kappa shape index (κ2) is 6.90. The van der Waals surface area contributed by atoms with Gasteiger partial charge in [0, 0.05) is 16.2 Å². The average molecular weight is 440 g/mol. The van der Waals surface area contributed by atoms with Crippen molar-refractivity contribution >= 4 is 39.9 Å². The first-order chi connectivity index (χ1) is 14.4. The van der Waals surface area contributed by atoms with E-state index in [1.54, 1.807) is 47.1 Å². The topological polar surface area (TPSA) is 65.1 Å². The molecule has 0 fully saturated rings. The summed E-state index contributed by atoms with van der Waals surface area (Å²) in [5.74, 6) is -0.328. The van der Waals surface area contributed by atoms with Gasteiger partial charge in [0.05, 0.1) is 16.9 Å². The van der Waals surface area contributed by atoms with Crippen LogP contribution in [0.25, 0.3) is 33.5 Å². The third-order valence-electron chi connectivity index (χ3n) is 4.81. The van der Waals surface area contributed by atoms with Crippen molar-refractivity contribution in [3.63, 3.8) is 0 Å². The average Bonchev–Trinajstić information content (AvgIpc) is 3.04. The molecule has 3 aromatic heterocycles. The van der Waals surface area contributed by atoms with Crippen LogP contribution >= 0.6 is 23.2 Å². The van der Waals surface area contributed by atoms with E-state index in [-0.39, 0.29) is 16.9 Å². The predicted molar refractivity (Wildman–Crippen MR) is 114 cm³/mol. The van der Waals surface area contributed by atoms with E-state index in [9.17, 15) is 9.18 Å². The highest BCUT2D eigenvalue weighted by Gasteiger charge is 2.18. The molecule has 0 aliphatic rings. The number of nitrogens with zero attached hydrogens (tertiary/aromatic N) is 5. The first-order valence-electron chi connectivity index (χ1n) is 8.92. The van der Waals surface area contributed by atoms with Crippen LogP contribution in [0.15, 0.2) is 59.5 Å². The monoisotopic (exact) mass is 439 g/mol. The van der Waals surface area contributed by atoms with E-state index in [1.165, 1.54) is 16.7 Å². The molecule has 0 N–H and O–H groups in total. The molecule has 0 spiro atoms. The van der Waals surface area contributed by atoms with Crippen LogP contribution < -0.4 is 5.56 Å². The van der Waals surface area contributed by atoms with Crippen LogP contribution in [0.5, 0.6) is 0 Å². The zero-order valence-corrected chi connectivity index (χ0v) is 17.0. The van der Waals surface area contributed by atoms with E-state index in [1.807, 2.05) is 6.92 Å². The van der Waals surface area contributed by atoms with Gasteiger partial charge in [-0.25, -0.2) is 8.91 Å². The Kier molecular flexibility index (Phi) is 4.30. The van der Waals surface area contributed by atoms with Gasteiger partial charge in [-0.15, -0.1) is 10.2 Å². The quantitative estimate of drug-likeness (QED) is 0.394. The van der Waals surface area contributed by atoms with Crippen LogP contribution in [0.2, 0.25) is 10.0 Å².